The van der Waals surface area contributed by atoms with Gasteiger partial charge in [0.25, 0.3) is 0 Å². The third kappa shape index (κ3) is 4.79. The smallest absolute Gasteiger partial charge is 0.0762 e. The molecule has 0 saturated heterocycles. The van der Waals surface area contributed by atoms with Crippen LogP contribution in [0.15, 0.2) is 24.9 Å². The minimum Gasteiger partial charge on any atom is -0.309 e. The van der Waals surface area contributed by atoms with E-state index >= 15 is 0 Å². The van der Waals surface area contributed by atoms with Crippen molar-refractivity contribution in [2.24, 2.45) is 7.05 Å². The highest BCUT2D eigenvalue weighted by molar-refractivity contribution is 4.98. The lowest BCUT2D eigenvalue weighted by Gasteiger charge is -2.11. The number of nitrogens with one attached hydrogen (secondary N) is 1. The van der Waals surface area contributed by atoms with Crippen molar-refractivity contribution in [3.63, 3.8) is 0 Å². The minimum atomic E-state index is 0.548. The normalized spacial score (nSPS) is 12.7. The van der Waals surface area contributed by atoms with E-state index in [2.05, 4.69) is 23.9 Å². The third-order valence-corrected chi connectivity index (χ3v) is 2.45. The fraction of sp³-hybridized carbons (Fsp3) is 0.583. The Morgan fingerprint density at radius 3 is 3.07 bits per heavy atom. The van der Waals surface area contributed by atoms with E-state index in [0.717, 1.165) is 18.7 Å². The monoisotopic (exact) mass is 207 g/mol. The Balaban J connectivity index is 2.16. The van der Waals surface area contributed by atoms with E-state index in [1.54, 1.807) is 0 Å². The van der Waals surface area contributed by atoms with Gasteiger partial charge < -0.3 is 5.32 Å². The molecular weight excluding hydrogens is 186 g/mol. The average Bonchev–Trinajstić information content (AvgIpc) is 2.62. The van der Waals surface area contributed by atoms with Gasteiger partial charge in [-0.3, -0.25) is 4.68 Å². The number of aromatic nitrogens is 2. The van der Waals surface area contributed by atoms with Gasteiger partial charge in [0.2, 0.25) is 0 Å². The van der Waals surface area contributed by atoms with Crippen LogP contribution in [0.1, 0.15) is 31.9 Å². The van der Waals surface area contributed by atoms with Gasteiger partial charge in [-0.05, 0) is 32.3 Å². The van der Waals surface area contributed by atoms with Crippen LogP contribution in [0.2, 0.25) is 0 Å². The van der Waals surface area contributed by atoms with Crippen molar-refractivity contribution in [3.8, 4) is 0 Å². The largest absolute Gasteiger partial charge is 0.309 e. The molecule has 1 heterocycles. The lowest BCUT2D eigenvalue weighted by molar-refractivity contribution is 0.494. The van der Waals surface area contributed by atoms with Crippen LogP contribution in [0.25, 0.3) is 0 Å². The van der Waals surface area contributed by atoms with E-state index in [-0.39, 0.29) is 0 Å². The number of allylic oxidation sites excluding steroid dienone is 1. The van der Waals surface area contributed by atoms with Gasteiger partial charge in [-0.25, -0.2) is 0 Å². The summed E-state index contributed by atoms with van der Waals surface area (Å²) in [6, 6.07) is 2.59. The van der Waals surface area contributed by atoms with Crippen molar-refractivity contribution in [3.05, 3.63) is 30.6 Å². The quantitative estimate of drug-likeness (QED) is 0.549. The van der Waals surface area contributed by atoms with Crippen LogP contribution in [-0.2, 0) is 13.6 Å². The molecule has 0 fully saturated rings. The molecule has 1 rings (SSSR count). The lowest BCUT2D eigenvalue weighted by Crippen LogP contribution is -2.25. The number of hydrogen-bond acceptors (Lipinski definition) is 2. The van der Waals surface area contributed by atoms with E-state index in [9.17, 15) is 0 Å². The number of nitrogens with zero attached hydrogens (tertiary/aromatic N) is 2. The van der Waals surface area contributed by atoms with Gasteiger partial charge in [-0.1, -0.05) is 6.08 Å². The van der Waals surface area contributed by atoms with Crippen molar-refractivity contribution in [2.45, 2.75) is 38.8 Å². The van der Waals surface area contributed by atoms with Crippen LogP contribution in [0.3, 0.4) is 0 Å². The molecule has 0 aliphatic rings. The highest BCUT2D eigenvalue weighted by atomic mass is 15.3. The Bertz CT molecular complexity index is 291. The van der Waals surface area contributed by atoms with E-state index in [1.807, 2.05) is 30.1 Å². The second kappa shape index (κ2) is 6.40. The molecule has 3 heteroatoms. The lowest BCUT2D eigenvalue weighted by atomic mass is 10.1. The molecule has 0 bridgehead atoms. The summed E-state index contributed by atoms with van der Waals surface area (Å²) in [5.41, 5.74) is 1.10. The Hall–Kier alpha value is -1.09. The molecule has 84 valence electrons. The second-order valence-electron chi connectivity index (χ2n) is 3.98. The Kier molecular flexibility index (Phi) is 5.12. The van der Waals surface area contributed by atoms with Crippen LogP contribution in [0, 0.1) is 0 Å². The predicted octanol–water partition coefficient (Wildman–Crippen LogP) is 2.25. The van der Waals surface area contributed by atoms with Gasteiger partial charge in [0.05, 0.1) is 5.69 Å². The molecule has 1 aromatic rings. The van der Waals surface area contributed by atoms with Crippen molar-refractivity contribution >= 4 is 0 Å². The van der Waals surface area contributed by atoms with Crippen LogP contribution >= 0.6 is 0 Å². The number of hydrogen-bond donors (Lipinski definition) is 1. The summed E-state index contributed by atoms with van der Waals surface area (Å²) in [6.07, 6.45) is 7.46. The van der Waals surface area contributed by atoms with E-state index in [1.165, 1.54) is 12.8 Å². The van der Waals surface area contributed by atoms with Crippen molar-refractivity contribution in [1.29, 1.82) is 0 Å². The molecule has 1 unspecified atom stereocenters. The standard InChI is InChI=1S/C12H21N3/c1-4-5-6-7-11(2)13-10-12-8-9-15(3)14-12/h4,8-9,11,13H,1,5-7,10H2,2-3H3. The molecule has 0 amide bonds. The SMILES string of the molecule is C=CCCCC(C)NCc1ccn(C)n1. The highest BCUT2D eigenvalue weighted by Gasteiger charge is 2.02. The van der Waals surface area contributed by atoms with Crippen LogP contribution in [-0.4, -0.2) is 15.8 Å². The van der Waals surface area contributed by atoms with Gasteiger partial charge in [0.1, 0.15) is 0 Å². The summed E-state index contributed by atoms with van der Waals surface area (Å²) in [7, 11) is 1.94. The zero-order valence-electron chi connectivity index (χ0n) is 9.74. The Morgan fingerprint density at radius 2 is 2.47 bits per heavy atom. The third-order valence-electron chi connectivity index (χ3n) is 2.45. The summed E-state index contributed by atoms with van der Waals surface area (Å²) in [5, 5.41) is 7.78. The molecule has 1 atom stereocenters. The number of unbranched alkanes of at least 4 members (excludes halogenated alkanes) is 1. The molecular formula is C12H21N3. The van der Waals surface area contributed by atoms with Crippen molar-refractivity contribution in [2.75, 3.05) is 0 Å². The summed E-state index contributed by atoms with van der Waals surface area (Å²) in [6.45, 7) is 6.79. The van der Waals surface area contributed by atoms with Crippen molar-refractivity contribution in [1.82, 2.24) is 15.1 Å². The molecule has 3 nitrogen and oxygen atoms in total. The van der Waals surface area contributed by atoms with E-state index in [0.29, 0.717) is 6.04 Å². The predicted molar refractivity (Wildman–Crippen MR) is 63.6 cm³/mol. The average molecular weight is 207 g/mol. The first-order chi connectivity index (χ1) is 7.22. The first-order valence-electron chi connectivity index (χ1n) is 5.55. The van der Waals surface area contributed by atoms with Crippen LogP contribution < -0.4 is 5.32 Å². The first-order valence-corrected chi connectivity index (χ1v) is 5.55. The van der Waals surface area contributed by atoms with Gasteiger partial charge in [0.15, 0.2) is 0 Å². The number of aryl methyl sites for hydroxylation is 1. The zero-order chi connectivity index (χ0) is 11.1. The maximum atomic E-state index is 4.32. The molecule has 1 N–H and O–H groups in total. The molecule has 1 aromatic heterocycles. The fourth-order valence-electron chi connectivity index (χ4n) is 1.51. The Morgan fingerprint density at radius 1 is 1.67 bits per heavy atom. The zero-order valence-corrected chi connectivity index (χ0v) is 9.74. The summed E-state index contributed by atoms with van der Waals surface area (Å²) in [5.74, 6) is 0. The van der Waals surface area contributed by atoms with Gasteiger partial charge >= 0.3 is 0 Å². The molecule has 0 aromatic carbocycles. The van der Waals surface area contributed by atoms with E-state index in [4.69, 9.17) is 0 Å². The fourth-order valence-corrected chi connectivity index (χ4v) is 1.51. The maximum absolute atomic E-state index is 4.32. The Labute approximate surface area is 92.2 Å². The molecule has 0 spiro atoms. The van der Waals surface area contributed by atoms with Crippen LogP contribution in [0.5, 0.6) is 0 Å². The number of rotatable bonds is 7. The van der Waals surface area contributed by atoms with E-state index < -0.39 is 0 Å². The molecule has 15 heavy (non-hydrogen) atoms. The topological polar surface area (TPSA) is 29.9 Å². The van der Waals surface area contributed by atoms with Crippen molar-refractivity contribution < 1.29 is 0 Å². The second-order valence-corrected chi connectivity index (χ2v) is 3.98. The maximum Gasteiger partial charge on any atom is 0.0762 e. The van der Waals surface area contributed by atoms with Gasteiger partial charge in [-0.2, -0.15) is 5.10 Å². The van der Waals surface area contributed by atoms with Gasteiger partial charge in [0, 0.05) is 25.8 Å². The molecule has 0 radical (unpaired) electrons. The minimum absolute atomic E-state index is 0.548. The summed E-state index contributed by atoms with van der Waals surface area (Å²) < 4.78 is 1.83. The highest BCUT2D eigenvalue weighted by Crippen LogP contribution is 2.02. The molecule has 0 aliphatic carbocycles. The molecule has 0 saturated carbocycles. The molecule has 0 aliphatic heterocycles. The summed E-state index contributed by atoms with van der Waals surface area (Å²) in [4.78, 5) is 0. The van der Waals surface area contributed by atoms with Crippen LogP contribution in [0.4, 0.5) is 0 Å². The summed E-state index contributed by atoms with van der Waals surface area (Å²) >= 11 is 0. The van der Waals surface area contributed by atoms with Gasteiger partial charge in [-0.15, -0.1) is 6.58 Å². The first kappa shape index (κ1) is 12.0.